The Bertz CT molecular complexity index is 521. The van der Waals surface area contributed by atoms with Gasteiger partial charge in [0, 0.05) is 44.6 Å². The number of hydrogen-bond donors (Lipinski definition) is 0. The zero-order chi connectivity index (χ0) is 14.0. The molecule has 2 heterocycles. The topological polar surface area (TPSA) is 62.6 Å². The smallest absolute Gasteiger partial charge is 0.312 e. The van der Waals surface area contributed by atoms with E-state index in [1.807, 2.05) is 14.0 Å². The highest BCUT2D eigenvalue weighted by Crippen LogP contribution is 2.08. The van der Waals surface area contributed by atoms with Crippen molar-refractivity contribution in [1.29, 1.82) is 0 Å². The van der Waals surface area contributed by atoms with Crippen molar-refractivity contribution >= 4 is 17.6 Å². The minimum Gasteiger partial charge on any atom is -0.357 e. The fraction of sp³-hybridized carbons (Fsp3) is 0.462. The molecule has 0 spiro atoms. The Morgan fingerprint density at radius 3 is 2.42 bits per heavy atom. The van der Waals surface area contributed by atoms with Gasteiger partial charge in [0.25, 0.3) is 0 Å². The lowest BCUT2D eigenvalue weighted by Gasteiger charge is -2.32. The highest BCUT2D eigenvalue weighted by atomic mass is 16.2. The molecule has 0 aromatic carbocycles. The van der Waals surface area contributed by atoms with Crippen LogP contribution in [-0.2, 0) is 16.6 Å². The number of nitrogens with zero attached hydrogens (tertiary/aromatic N) is 3. The number of carbonyl (C=O) groups excluding carboxylic acids is 3. The number of ketones is 1. The van der Waals surface area contributed by atoms with Crippen LogP contribution < -0.4 is 0 Å². The molecular formula is C13H17N3O3. The van der Waals surface area contributed by atoms with Crippen LogP contribution in [0, 0.1) is 0 Å². The summed E-state index contributed by atoms with van der Waals surface area (Å²) in [6, 6.07) is 1.71. The van der Waals surface area contributed by atoms with Gasteiger partial charge >= 0.3 is 11.8 Å². The lowest BCUT2D eigenvalue weighted by molar-refractivity contribution is -0.155. The second-order valence-electron chi connectivity index (χ2n) is 4.60. The van der Waals surface area contributed by atoms with Crippen LogP contribution in [0.25, 0.3) is 0 Å². The van der Waals surface area contributed by atoms with Crippen molar-refractivity contribution in [2.45, 2.75) is 6.92 Å². The zero-order valence-corrected chi connectivity index (χ0v) is 11.1. The van der Waals surface area contributed by atoms with Gasteiger partial charge in [0.1, 0.15) is 0 Å². The van der Waals surface area contributed by atoms with Gasteiger partial charge in [-0.1, -0.05) is 0 Å². The van der Waals surface area contributed by atoms with Gasteiger partial charge in [0.15, 0.2) is 5.78 Å². The molecule has 1 saturated heterocycles. The van der Waals surface area contributed by atoms with Gasteiger partial charge in [0.05, 0.1) is 6.54 Å². The Morgan fingerprint density at radius 2 is 1.84 bits per heavy atom. The van der Waals surface area contributed by atoms with Crippen LogP contribution in [0.1, 0.15) is 17.3 Å². The van der Waals surface area contributed by atoms with E-state index in [1.165, 1.54) is 9.80 Å². The van der Waals surface area contributed by atoms with Gasteiger partial charge < -0.3 is 14.4 Å². The summed E-state index contributed by atoms with van der Waals surface area (Å²) in [5.41, 5.74) is 0.556. The Morgan fingerprint density at radius 1 is 1.21 bits per heavy atom. The number of likely N-dealkylation sites (N-methyl/N-ethyl adjacent to an activating group) is 1. The predicted molar refractivity (Wildman–Crippen MR) is 68.6 cm³/mol. The molecule has 0 radical (unpaired) electrons. The maximum atomic E-state index is 12.0. The summed E-state index contributed by atoms with van der Waals surface area (Å²) < 4.78 is 1.77. The first kappa shape index (κ1) is 13.3. The van der Waals surface area contributed by atoms with E-state index in [2.05, 4.69) is 0 Å². The van der Waals surface area contributed by atoms with Crippen LogP contribution >= 0.6 is 0 Å². The van der Waals surface area contributed by atoms with E-state index in [9.17, 15) is 14.4 Å². The lowest BCUT2D eigenvalue weighted by Crippen LogP contribution is -2.55. The number of hydrogen-bond acceptors (Lipinski definition) is 3. The van der Waals surface area contributed by atoms with Crippen molar-refractivity contribution in [2.24, 2.45) is 7.05 Å². The molecule has 1 aliphatic heterocycles. The number of Topliss-reactive ketones (excluding diaryl/α,β-unsaturated/α-hetero) is 1. The van der Waals surface area contributed by atoms with Crippen LogP contribution in [0.15, 0.2) is 18.5 Å². The molecule has 0 aliphatic carbocycles. The number of carbonyl (C=O) groups is 3. The van der Waals surface area contributed by atoms with Gasteiger partial charge in [0.2, 0.25) is 0 Å². The lowest BCUT2D eigenvalue weighted by atomic mass is 10.2. The minimum absolute atomic E-state index is 0.0356. The van der Waals surface area contributed by atoms with Gasteiger partial charge in [-0.3, -0.25) is 14.4 Å². The summed E-state index contributed by atoms with van der Waals surface area (Å²) in [6.45, 7) is 3.22. The number of rotatable bonds is 4. The highest BCUT2D eigenvalue weighted by Gasteiger charge is 2.32. The van der Waals surface area contributed by atoms with Crippen molar-refractivity contribution < 1.29 is 14.4 Å². The summed E-state index contributed by atoms with van der Waals surface area (Å²) in [7, 11) is 1.82. The molecule has 0 unspecified atom stereocenters. The molecule has 0 bridgehead atoms. The van der Waals surface area contributed by atoms with Crippen LogP contribution in [-0.4, -0.2) is 58.1 Å². The number of amides is 2. The van der Waals surface area contributed by atoms with Crippen molar-refractivity contribution in [1.82, 2.24) is 14.4 Å². The Hall–Kier alpha value is -2.11. The largest absolute Gasteiger partial charge is 0.357 e. The van der Waals surface area contributed by atoms with Gasteiger partial charge in [-0.25, -0.2) is 0 Å². The van der Waals surface area contributed by atoms with E-state index in [-0.39, 0.29) is 12.3 Å². The molecule has 1 aliphatic rings. The molecule has 102 valence electrons. The fourth-order valence-electron chi connectivity index (χ4n) is 2.10. The van der Waals surface area contributed by atoms with Crippen molar-refractivity contribution in [2.75, 3.05) is 26.2 Å². The molecule has 0 N–H and O–H groups in total. The average molecular weight is 263 g/mol. The van der Waals surface area contributed by atoms with Crippen molar-refractivity contribution in [3.8, 4) is 0 Å². The van der Waals surface area contributed by atoms with E-state index in [4.69, 9.17) is 0 Å². The van der Waals surface area contributed by atoms with Crippen LogP contribution in [0.2, 0.25) is 0 Å². The number of aryl methyl sites for hydroxylation is 1. The quantitative estimate of drug-likeness (QED) is 0.563. The zero-order valence-electron chi connectivity index (χ0n) is 11.1. The molecule has 1 aromatic rings. The summed E-state index contributed by atoms with van der Waals surface area (Å²) in [5, 5.41) is 0. The molecule has 1 fully saturated rings. The van der Waals surface area contributed by atoms with Crippen LogP contribution in [0.4, 0.5) is 0 Å². The maximum absolute atomic E-state index is 12.0. The van der Waals surface area contributed by atoms with E-state index >= 15 is 0 Å². The maximum Gasteiger partial charge on any atom is 0.312 e. The molecule has 2 rings (SSSR count). The molecule has 6 heteroatoms. The van der Waals surface area contributed by atoms with E-state index in [0.717, 1.165) is 0 Å². The van der Waals surface area contributed by atoms with Gasteiger partial charge in [-0.15, -0.1) is 0 Å². The van der Waals surface area contributed by atoms with Gasteiger partial charge in [-0.05, 0) is 13.0 Å². The van der Waals surface area contributed by atoms with Crippen LogP contribution in [0.3, 0.4) is 0 Å². The van der Waals surface area contributed by atoms with Crippen molar-refractivity contribution in [3.05, 3.63) is 24.0 Å². The first-order valence-electron chi connectivity index (χ1n) is 6.26. The Balaban J connectivity index is 2.02. The third-order valence-corrected chi connectivity index (χ3v) is 3.27. The minimum atomic E-state index is -0.586. The monoisotopic (exact) mass is 263 g/mol. The summed E-state index contributed by atoms with van der Waals surface area (Å²) in [5.74, 6) is -1.25. The number of piperazine rings is 1. The predicted octanol–water partition coefficient (Wildman–Crippen LogP) is -0.102. The van der Waals surface area contributed by atoms with E-state index in [0.29, 0.717) is 25.2 Å². The SMILES string of the molecule is CCN1CCN(CC(=O)c2ccn(C)c2)C(=O)C1=O. The first-order valence-corrected chi connectivity index (χ1v) is 6.26. The Labute approximate surface area is 111 Å². The second kappa shape index (κ2) is 5.26. The van der Waals surface area contributed by atoms with Crippen molar-refractivity contribution in [3.63, 3.8) is 0 Å². The van der Waals surface area contributed by atoms with E-state index in [1.54, 1.807) is 23.0 Å². The Kier molecular flexibility index (Phi) is 3.69. The molecule has 0 saturated carbocycles. The van der Waals surface area contributed by atoms with Gasteiger partial charge in [-0.2, -0.15) is 0 Å². The number of aromatic nitrogens is 1. The third-order valence-electron chi connectivity index (χ3n) is 3.27. The summed E-state index contributed by atoms with van der Waals surface area (Å²) in [4.78, 5) is 38.4. The molecule has 19 heavy (non-hydrogen) atoms. The normalized spacial score (nSPS) is 16.1. The second-order valence-corrected chi connectivity index (χ2v) is 4.60. The summed E-state index contributed by atoms with van der Waals surface area (Å²) >= 11 is 0. The fourth-order valence-corrected chi connectivity index (χ4v) is 2.10. The first-order chi connectivity index (χ1) is 9.02. The third kappa shape index (κ3) is 2.67. The molecular weight excluding hydrogens is 246 g/mol. The molecule has 2 amide bonds. The average Bonchev–Trinajstić information content (AvgIpc) is 2.82. The molecule has 0 atom stereocenters. The summed E-state index contributed by atoms with van der Waals surface area (Å²) in [6.07, 6.45) is 3.48. The highest BCUT2D eigenvalue weighted by molar-refractivity contribution is 6.35. The molecule has 6 nitrogen and oxygen atoms in total. The van der Waals surface area contributed by atoms with Crippen LogP contribution in [0.5, 0.6) is 0 Å². The van der Waals surface area contributed by atoms with E-state index < -0.39 is 11.8 Å². The standard InChI is InChI=1S/C13H17N3O3/c1-3-15-6-7-16(13(19)12(15)18)9-11(17)10-4-5-14(2)8-10/h4-5,8H,3,6-7,9H2,1-2H3. The molecule has 1 aromatic heterocycles.